The Labute approximate surface area is 168 Å². The van der Waals surface area contributed by atoms with Gasteiger partial charge in [0.05, 0.1) is 0 Å². The second-order valence-electron chi connectivity index (χ2n) is 8.13. The average Bonchev–Trinajstić information content (AvgIpc) is 2.49. The molecule has 1 N–H and O–H groups in total. The Morgan fingerprint density at radius 3 is 1.68 bits per heavy atom. The molecular weight excluding hydrogens is 374 g/mol. The van der Waals surface area contributed by atoms with Gasteiger partial charge in [-0.15, -0.1) is 17.0 Å². The van der Waals surface area contributed by atoms with E-state index in [4.69, 9.17) is 0 Å². The van der Waals surface area contributed by atoms with Crippen molar-refractivity contribution < 1.29 is 4.79 Å². The zero-order valence-corrected chi connectivity index (χ0v) is 19.1. The fraction of sp³-hybridized carbons (Fsp3) is 0.864. The van der Waals surface area contributed by atoms with Crippen molar-refractivity contribution in [3.05, 3.63) is 12.2 Å². The molecule has 0 fully saturated rings. The number of nitrogens with one attached hydrogen (secondary N) is 1. The summed E-state index contributed by atoms with van der Waals surface area (Å²) in [6.45, 7) is 8.37. The van der Waals surface area contributed by atoms with Crippen LogP contribution in [0, 0.1) is 0 Å². The molecule has 25 heavy (non-hydrogen) atoms. The number of unbranched alkanes of at least 4 members (excludes halogenated alkanes) is 11. The fourth-order valence-corrected chi connectivity index (χ4v) is 2.84. The molecule has 0 aliphatic rings. The van der Waals surface area contributed by atoms with E-state index in [2.05, 4.69) is 24.4 Å². The summed E-state index contributed by atoms with van der Waals surface area (Å²) < 4.78 is 0. The number of carbonyl (C=O) groups is 1. The van der Waals surface area contributed by atoms with Crippen molar-refractivity contribution >= 4 is 22.9 Å². The van der Waals surface area contributed by atoms with Crippen LogP contribution in [0.25, 0.3) is 0 Å². The van der Waals surface area contributed by atoms with E-state index >= 15 is 0 Å². The SMILES string of the molecule is Br.CCCCCCCCC=CCCCCCCCC(=O)NC(C)(C)C. The Morgan fingerprint density at radius 2 is 1.20 bits per heavy atom. The number of hydrogen-bond acceptors (Lipinski definition) is 1. The van der Waals surface area contributed by atoms with Crippen LogP contribution in [-0.4, -0.2) is 11.4 Å². The molecule has 0 aliphatic heterocycles. The summed E-state index contributed by atoms with van der Waals surface area (Å²) in [5.41, 5.74) is -0.0983. The van der Waals surface area contributed by atoms with E-state index in [-0.39, 0.29) is 28.4 Å². The van der Waals surface area contributed by atoms with E-state index < -0.39 is 0 Å². The van der Waals surface area contributed by atoms with E-state index in [0.29, 0.717) is 6.42 Å². The Hall–Kier alpha value is -0.310. The van der Waals surface area contributed by atoms with E-state index in [0.717, 1.165) is 6.42 Å². The molecule has 0 spiro atoms. The summed E-state index contributed by atoms with van der Waals surface area (Å²) in [5, 5.41) is 3.02. The third kappa shape index (κ3) is 23.7. The first-order valence-corrected chi connectivity index (χ1v) is 10.4. The van der Waals surface area contributed by atoms with Crippen molar-refractivity contribution in [1.29, 1.82) is 0 Å². The van der Waals surface area contributed by atoms with Gasteiger partial charge in [0.2, 0.25) is 5.91 Å². The predicted molar refractivity (Wildman–Crippen MR) is 118 cm³/mol. The minimum atomic E-state index is -0.0983. The van der Waals surface area contributed by atoms with Crippen LogP contribution >= 0.6 is 17.0 Å². The third-order valence-electron chi connectivity index (χ3n) is 4.18. The quantitative estimate of drug-likeness (QED) is 0.216. The standard InChI is InChI=1S/C22H43NO.BrH/c1-5-6-7-8-9-10-11-12-13-14-15-16-17-18-19-20-21(24)23-22(2,3)4;/h12-13H,5-11,14-20H2,1-4H3,(H,23,24);1H. The first kappa shape index (κ1) is 26.9. The summed E-state index contributed by atoms with van der Waals surface area (Å²) in [6, 6.07) is 0. The third-order valence-corrected chi connectivity index (χ3v) is 4.18. The smallest absolute Gasteiger partial charge is 0.220 e. The van der Waals surface area contributed by atoms with Gasteiger partial charge >= 0.3 is 0 Å². The zero-order chi connectivity index (χ0) is 18.1. The molecule has 0 aliphatic carbocycles. The van der Waals surface area contributed by atoms with Crippen LogP contribution in [-0.2, 0) is 4.79 Å². The van der Waals surface area contributed by atoms with Crippen molar-refractivity contribution in [1.82, 2.24) is 5.32 Å². The van der Waals surface area contributed by atoms with Gasteiger partial charge < -0.3 is 5.32 Å². The lowest BCUT2D eigenvalue weighted by molar-refractivity contribution is -0.122. The lowest BCUT2D eigenvalue weighted by Crippen LogP contribution is -2.40. The molecule has 0 bridgehead atoms. The number of halogens is 1. The monoisotopic (exact) mass is 417 g/mol. The van der Waals surface area contributed by atoms with E-state index in [1.807, 2.05) is 20.8 Å². The Balaban J connectivity index is 0. The van der Waals surface area contributed by atoms with Crippen LogP contribution in [0.5, 0.6) is 0 Å². The lowest BCUT2D eigenvalue weighted by atomic mass is 10.1. The van der Waals surface area contributed by atoms with Crippen molar-refractivity contribution in [2.45, 2.75) is 123 Å². The van der Waals surface area contributed by atoms with E-state index in [9.17, 15) is 4.79 Å². The number of rotatable bonds is 15. The number of allylic oxidation sites excluding steroid dienone is 2. The summed E-state index contributed by atoms with van der Waals surface area (Å²) in [5.74, 6) is 0.195. The number of carbonyl (C=O) groups excluding carboxylic acids is 1. The highest BCUT2D eigenvalue weighted by Crippen LogP contribution is 2.10. The highest BCUT2D eigenvalue weighted by molar-refractivity contribution is 8.93. The first-order valence-electron chi connectivity index (χ1n) is 10.4. The molecule has 3 heteroatoms. The highest BCUT2D eigenvalue weighted by Gasteiger charge is 2.12. The molecule has 150 valence electrons. The normalized spacial score (nSPS) is 11.5. The van der Waals surface area contributed by atoms with Gasteiger partial charge in [-0.2, -0.15) is 0 Å². The molecule has 0 saturated heterocycles. The fourth-order valence-electron chi connectivity index (χ4n) is 2.84. The summed E-state index contributed by atoms with van der Waals surface area (Å²) >= 11 is 0. The zero-order valence-electron chi connectivity index (χ0n) is 17.4. The van der Waals surface area contributed by atoms with Gasteiger partial charge in [0.1, 0.15) is 0 Å². The van der Waals surface area contributed by atoms with Gasteiger partial charge in [0.15, 0.2) is 0 Å². The van der Waals surface area contributed by atoms with Crippen molar-refractivity contribution in [3.63, 3.8) is 0 Å². The van der Waals surface area contributed by atoms with Crippen molar-refractivity contribution in [2.24, 2.45) is 0 Å². The summed E-state index contributed by atoms with van der Waals surface area (Å²) in [6.07, 6.45) is 22.3. The molecule has 1 amide bonds. The predicted octanol–water partition coefficient (Wildman–Crippen LogP) is 7.52. The second kappa shape index (κ2) is 18.5. The Bertz CT molecular complexity index is 320. The summed E-state index contributed by atoms with van der Waals surface area (Å²) in [4.78, 5) is 11.7. The van der Waals surface area contributed by atoms with Crippen molar-refractivity contribution in [3.8, 4) is 0 Å². The van der Waals surface area contributed by atoms with Gasteiger partial charge in [-0.25, -0.2) is 0 Å². The topological polar surface area (TPSA) is 29.1 Å². The molecule has 0 atom stereocenters. The lowest BCUT2D eigenvalue weighted by Gasteiger charge is -2.20. The summed E-state index contributed by atoms with van der Waals surface area (Å²) in [7, 11) is 0. The molecule has 0 aromatic carbocycles. The van der Waals surface area contributed by atoms with Gasteiger partial charge in [-0.05, 0) is 52.9 Å². The minimum Gasteiger partial charge on any atom is -0.352 e. The minimum absolute atomic E-state index is 0. The van der Waals surface area contributed by atoms with Crippen molar-refractivity contribution in [2.75, 3.05) is 0 Å². The van der Waals surface area contributed by atoms with Gasteiger partial charge in [0.25, 0.3) is 0 Å². The average molecular weight is 419 g/mol. The van der Waals surface area contributed by atoms with Crippen LogP contribution in [0.2, 0.25) is 0 Å². The highest BCUT2D eigenvalue weighted by atomic mass is 79.9. The van der Waals surface area contributed by atoms with E-state index in [1.54, 1.807) is 0 Å². The molecule has 0 saturated carbocycles. The molecule has 0 heterocycles. The molecule has 0 aromatic rings. The van der Waals surface area contributed by atoms with Gasteiger partial charge in [-0.1, -0.05) is 70.4 Å². The molecule has 0 radical (unpaired) electrons. The maximum atomic E-state index is 11.7. The molecular formula is C22H44BrNO. The molecule has 2 nitrogen and oxygen atoms in total. The molecule has 0 unspecified atom stereocenters. The molecule has 0 aromatic heterocycles. The maximum absolute atomic E-state index is 11.7. The van der Waals surface area contributed by atoms with Crippen LogP contribution in [0.4, 0.5) is 0 Å². The Morgan fingerprint density at radius 1 is 0.760 bits per heavy atom. The molecule has 0 rings (SSSR count). The van der Waals surface area contributed by atoms with Crippen LogP contribution < -0.4 is 5.32 Å². The van der Waals surface area contributed by atoms with E-state index in [1.165, 1.54) is 77.0 Å². The first-order chi connectivity index (χ1) is 11.5. The number of hydrogen-bond donors (Lipinski definition) is 1. The Kier molecular flexibility index (Phi) is 19.9. The van der Waals surface area contributed by atoms with Crippen LogP contribution in [0.1, 0.15) is 118 Å². The number of amides is 1. The van der Waals surface area contributed by atoms with Gasteiger partial charge in [-0.3, -0.25) is 4.79 Å². The maximum Gasteiger partial charge on any atom is 0.220 e. The van der Waals surface area contributed by atoms with Crippen LogP contribution in [0.15, 0.2) is 12.2 Å². The largest absolute Gasteiger partial charge is 0.352 e. The van der Waals surface area contributed by atoms with Crippen LogP contribution in [0.3, 0.4) is 0 Å². The van der Waals surface area contributed by atoms with Gasteiger partial charge in [0, 0.05) is 12.0 Å². The second-order valence-corrected chi connectivity index (χ2v) is 8.13.